The van der Waals surface area contributed by atoms with Crippen molar-refractivity contribution in [3.8, 4) is 11.3 Å². The van der Waals surface area contributed by atoms with Crippen molar-refractivity contribution in [3.63, 3.8) is 0 Å². The predicted octanol–water partition coefficient (Wildman–Crippen LogP) is 4.76. The van der Waals surface area contributed by atoms with Crippen LogP contribution in [0.1, 0.15) is 42.8 Å². The van der Waals surface area contributed by atoms with Crippen LogP contribution in [0.3, 0.4) is 0 Å². The fraction of sp³-hybridized carbons (Fsp3) is 0.333. The summed E-state index contributed by atoms with van der Waals surface area (Å²) in [6.07, 6.45) is 9.62. The molecule has 128 valence electrons. The molecule has 1 N–H and O–H groups in total. The predicted molar refractivity (Wildman–Crippen MR) is 102 cm³/mol. The standard InChI is InChI=1S/C21H24N4/c1-15-11-18(13-22-12-15)16(2)23-19-8-6-17(7-9-19)20-14-25-10-4-3-5-21(25)24-20/h6-9,11-14,16,23H,3-5,10H2,1-2H3. The lowest BCUT2D eigenvalue weighted by Gasteiger charge is -2.16. The largest absolute Gasteiger partial charge is 0.378 e. The van der Waals surface area contributed by atoms with Crippen LogP contribution >= 0.6 is 0 Å². The topological polar surface area (TPSA) is 42.7 Å². The zero-order valence-electron chi connectivity index (χ0n) is 14.9. The molecule has 1 aliphatic heterocycles. The Morgan fingerprint density at radius 1 is 1.12 bits per heavy atom. The van der Waals surface area contributed by atoms with Crippen LogP contribution < -0.4 is 5.32 Å². The zero-order chi connectivity index (χ0) is 17.2. The van der Waals surface area contributed by atoms with Crippen LogP contribution in [0.25, 0.3) is 11.3 Å². The highest BCUT2D eigenvalue weighted by atomic mass is 15.1. The molecule has 0 fully saturated rings. The first-order valence-corrected chi connectivity index (χ1v) is 9.03. The van der Waals surface area contributed by atoms with E-state index in [4.69, 9.17) is 4.98 Å². The van der Waals surface area contributed by atoms with Gasteiger partial charge in [0.2, 0.25) is 0 Å². The van der Waals surface area contributed by atoms with E-state index in [9.17, 15) is 0 Å². The number of rotatable bonds is 4. The Hall–Kier alpha value is -2.62. The van der Waals surface area contributed by atoms with Crippen molar-refractivity contribution in [3.05, 3.63) is 65.9 Å². The van der Waals surface area contributed by atoms with Crippen molar-refractivity contribution in [2.75, 3.05) is 5.32 Å². The summed E-state index contributed by atoms with van der Waals surface area (Å²) in [6.45, 7) is 5.33. The van der Waals surface area contributed by atoms with Crippen molar-refractivity contribution in [1.82, 2.24) is 14.5 Å². The second-order valence-electron chi connectivity index (χ2n) is 6.93. The van der Waals surface area contributed by atoms with E-state index < -0.39 is 0 Å². The number of aromatic nitrogens is 3. The molecule has 1 aromatic carbocycles. The van der Waals surface area contributed by atoms with Crippen molar-refractivity contribution >= 4 is 5.69 Å². The van der Waals surface area contributed by atoms with E-state index in [1.165, 1.54) is 35.4 Å². The fourth-order valence-electron chi connectivity index (χ4n) is 3.44. The molecule has 0 amide bonds. The molecule has 1 atom stereocenters. The number of aryl methyl sites for hydroxylation is 3. The lowest BCUT2D eigenvalue weighted by Crippen LogP contribution is -2.08. The second kappa shape index (κ2) is 6.71. The van der Waals surface area contributed by atoms with Gasteiger partial charge in [-0.25, -0.2) is 4.98 Å². The summed E-state index contributed by atoms with van der Waals surface area (Å²) in [7, 11) is 0. The molecule has 3 heterocycles. The van der Waals surface area contributed by atoms with Gasteiger partial charge in [0.15, 0.2) is 0 Å². The van der Waals surface area contributed by atoms with E-state index in [0.29, 0.717) is 0 Å². The van der Waals surface area contributed by atoms with Crippen LogP contribution in [-0.2, 0) is 13.0 Å². The summed E-state index contributed by atoms with van der Waals surface area (Å²) in [6, 6.07) is 11.0. The average molecular weight is 332 g/mol. The third-order valence-corrected chi connectivity index (χ3v) is 4.87. The molecule has 4 nitrogen and oxygen atoms in total. The Bertz CT molecular complexity index is 840. The number of pyridine rings is 1. The van der Waals surface area contributed by atoms with E-state index in [-0.39, 0.29) is 6.04 Å². The first kappa shape index (κ1) is 15.9. The van der Waals surface area contributed by atoms with Gasteiger partial charge in [-0.1, -0.05) is 18.2 Å². The molecular weight excluding hydrogens is 308 g/mol. The van der Waals surface area contributed by atoms with Gasteiger partial charge >= 0.3 is 0 Å². The molecule has 0 bridgehead atoms. The minimum Gasteiger partial charge on any atom is -0.378 e. The van der Waals surface area contributed by atoms with Crippen LogP contribution in [0.4, 0.5) is 5.69 Å². The summed E-state index contributed by atoms with van der Waals surface area (Å²) in [4.78, 5) is 9.09. The number of fused-ring (bicyclic) bond motifs is 1. The first-order chi connectivity index (χ1) is 12.2. The van der Waals surface area contributed by atoms with Gasteiger partial charge in [-0.3, -0.25) is 4.98 Å². The molecule has 1 unspecified atom stereocenters. The highest BCUT2D eigenvalue weighted by Crippen LogP contribution is 2.25. The first-order valence-electron chi connectivity index (χ1n) is 9.03. The number of nitrogens with zero attached hydrogens (tertiary/aromatic N) is 3. The quantitative estimate of drug-likeness (QED) is 0.749. The molecule has 4 heteroatoms. The van der Waals surface area contributed by atoms with Crippen LogP contribution in [0.15, 0.2) is 48.9 Å². The normalized spacial score (nSPS) is 14.8. The maximum atomic E-state index is 4.80. The van der Waals surface area contributed by atoms with Crippen molar-refractivity contribution in [2.24, 2.45) is 0 Å². The molecule has 0 saturated carbocycles. The Labute approximate surface area is 149 Å². The summed E-state index contributed by atoms with van der Waals surface area (Å²) in [5.74, 6) is 1.23. The van der Waals surface area contributed by atoms with Gasteiger partial charge in [0, 0.05) is 42.8 Å². The average Bonchev–Trinajstić information content (AvgIpc) is 3.06. The van der Waals surface area contributed by atoms with E-state index in [2.05, 4.69) is 65.2 Å². The minimum absolute atomic E-state index is 0.221. The van der Waals surface area contributed by atoms with E-state index in [1.807, 2.05) is 12.4 Å². The molecule has 0 radical (unpaired) electrons. The highest BCUT2D eigenvalue weighted by Gasteiger charge is 2.13. The molecule has 3 aromatic rings. The van der Waals surface area contributed by atoms with Gasteiger partial charge in [-0.15, -0.1) is 0 Å². The number of hydrogen-bond donors (Lipinski definition) is 1. The molecule has 1 aliphatic rings. The Kier molecular flexibility index (Phi) is 4.26. The summed E-state index contributed by atoms with van der Waals surface area (Å²) >= 11 is 0. The molecule has 0 aliphatic carbocycles. The van der Waals surface area contributed by atoms with Crippen LogP contribution in [0.5, 0.6) is 0 Å². The van der Waals surface area contributed by atoms with E-state index in [1.54, 1.807) is 0 Å². The van der Waals surface area contributed by atoms with Crippen LogP contribution in [0, 0.1) is 6.92 Å². The third kappa shape index (κ3) is 3.43. The smallest absolute Gasteiger partial charge is 0.109 e. The maximum Gasteiger partial charge on any atom is 0.109 e. The molecule has 2 aromatic heterocycles. The third-order valence-electron chi connectivity index (χ3n) is 4.87. The van der Waals surface area contributed by atoms with Gasteiger partial charge in [0.25, 0.3) is 0 Å². The second-order valence-corrected chi connectivity index (χ2v) is 6.93. The molecule has 0 spiro atoms. The Morgan fingerprint density at radius 3 is 2.72 bits per heavy atom. The van der Waals surface area contributed by atoms with Gasteiger partial charge in [-0.2, -0.15) is 0 Å². The lowest BCUT2D eigenvalue weighted by atomic mass is 10.1. The van der Waals surface area contributed by atoms with Crippen molar-refractivity contribution < 1.29 is 0 Å². The number of nitrogens with one attached hydrogen (secondary N) is 1. The lowest BCUT2D eigenvalue weighted by molar-refractivity contribution is 0.522. The Morgan fingerprint density at radius 2 is 1.96 bits per heavy atom. The van der Waals surface area contributed by atoms with Crippen LogP contribution in [0.2, 0.25) is 0 Å². The van der Waals surface area contributed by atoms with Crippen LogP contribution in [-0.4, -0.2) is 14.5 Å². The molecular formula is C21H24N4. The maximum absolute atomic E-state index is 4.80. The Balaban J connectivity index is 1.49. The SMILES string of the molecule is Cc1cncc(C(C)Nc2ccc(-c3cn4c(n3)CCCC4)cc2)c1. The van der Waals surface area contributed by atoms with Gasteiger partial charge in [0.1, 0.15) is 5.82 Å². The number of hydrogen-bond acceptors (Lipinski definition) is 3. The van der Waals surface area contributed by atoms with E-state index >= 15 is 0 Å². The van der Waals surface area contributed by atoms with Crippen molar-refractivity contribution in [2.45, 2.75) is 45.7 Å². The number of imidazole rings is 1. The van der Waals surface area contributed by atoms with Gasteiger partial charge in [-0.05, 0) is 49.9 Å². The highest BCUT2D eigenvalue weighted by molar-refractivity contribution is 5.62. The van der Waals surface area contributed by atoms with Crippen molar-refractivity contribution in [1.29, 1.82) is 0 Å². The monoisotopic (exact) mass is 332 g/mol. The number of anilines is 1. The minimum atomic E-state index is 0.221. The van der Waals surface area contributed by atoms with E-state index in [0.717, 1.165) is 24.3 Å². The summed E-state index contributed by atoms with van der Waals surface area (Å²) < 4.78 is 2.30. The fourth-order valence-corrected chi connectivity index (χ4v) is 3.44. The molecule has 4 rings (SSSR count). The zero-order valence-corrected chi connectivity index (χ0v) is 14.9. The molecule has 0 saturated heterocycles. The summed E-state index contributed by atoms with van der Waals surface area (Å²) in [5, 5.41) is 3.55. The van der Waals surface area contributed by atoms with Gasteiger partial charge < -0.3 is 9.88 Å². The number of benzene rings is 1. The molecule has 25 heavy (non-hydrogen) atoms. The van der Waals surface area contributed by atoms with Gasteiger partial charge in [0.05, 0.1) is 11.7 Å². The summed E-state index contributed by atoms with van der Waals surface area (Å²) in [5.41, 5.74) is 5.76.